The number of H-pyrrole nitrogens is 2. The van der Waals surface area contributed by atoms with Gasteiger partial charge in [-0.15, -0.1) is 0 Å². The maximum Gasteiger partial charge on any atom is 0.410 e. The van der Waals surface area contributed by atoms with E-state index < -0.39 is 12.2 Å². The molecule has 12 heteroatoms. The number of carbonyl (C=O) groups is 3. The van der Waals surface area contributed by atoms with E-state index in [4.69, 9.17) is 4.74 Å². The fourth-order valence-corrected chi connectivity index (χ4v) is 8.16. The number of para-hydroxylation sites is 1. The van der Waals surface area contributed by atoms with Crippen molar-refractivity contribution >= 4 is 34.8 Å². The highest BCUT2D eigenvalue weighted by molar-refractivity contribution is 5.91. The van der Waals surface area contributed by atoms with Gasteiger partial charge >= 0.3 is 17.8 Å². The van der Waals surface area contributed by atoms with E-state index in [-0.39, 0.29) is 30.1 Å². The van der Waals surface area contributed by atoms with Gasteiger partial charge in [-0.05, 0) is 67.9 Å². The Kier molecular flexibility index (Phi) is 9.43. The third-order valence-electron chi connectivity index (χ3n) is 10.8. The van der Waals surface area contributed by atoms with Crippen molar-refractivity contribution in [3.05, 3.63) is 63.6 Å². The van der Waals surface area contributed by atoms with Gasteiger partial charge in [-0.3, -0.25) is 9.69 Å². The van der Waals surface area contributed by atoms with Gasteiger partial charge in [0.1, 0.15) is 0 Å². The Morgan fingerprint density at radius 3 is 2.38 bits per heavy atom. The third kappa shape index (κ3) is 6.94. The molecule has 1 aromatic heterocycles. The highest BCUT2D eigenvalue weighted by atomic mass is 16.6. The Hall–Kier alpha value is -4.32. The highest BCUT2D eigenvalue weighted by Crippen LogP contribution is 2.27. The zero-order valence-corrected chi connectivity index (χ0v) is 27.8. The lowest BCUT2D eigenvalue weighted by Crippen LogP contribution is -2.55. The Labute approximate surface area is 280 Å². The summed E-state index contributed by atoms with van der Waals surface area (Å²) < 4.78 is 6.08. The average Bonchev–Trinajstić information content (AvgIpc) is 3.40. The number of nitrogens with one attached hydrogen (secondary N) is 3. The lowest BCUT2D eigenvalue weighted by atomic mass is 9.94. The van der Waals surface area contributed by atoms with Crippen molar-refractivity contribution < 1.29 is 19.1 Å². The number of imidazole rings is 1. The highest BCUT2D eigenvalue weighted by Gasteiger charge is 2.36. The van der Waals surface area contributed by atoms with Gasteiger partial charge in [-0.2, -0.15) is 0 Å². The normalized spacial score (nSPS) is 20.7. The molecule has 4 heterocycles. The molecular formula is C36H47N7O5. The Morgan fingerprint density at radius 2 is 1.60 bits per heavy atom. The minimum atomic E-state index is -0.992. The topological polar surface area (TPSA) is 134 Å². The second-order valence-electron chi connectivity index (χ2n) is 13.9. The molecule has 0 radical (unpaired) electrons. The molecular weight excluding hydrogens is 610 g/mol. The zero-order chi connectivity index (χ0) is 33.2. The SMILES string of the molecule is Cc1cc(CC(OC(=O)N2CCC(N3CCc4ccccc4NC3=O)CC2)C(=O)N2CCN(C3CCCCC3)CC2)cc2[nH]c(=O)[nH]c12. The Balaban J connectivity index is 1.01. The molecule has 3 aromatic rings. The van der Waals surface area contributed by atoms with E-state index in [1.54, 1.807) is 4.90 Å². The summed E-state index contributed by atoms with van der Waals surface area (Å²) in [6.07, 6.45) is 7.07. The fourth-order valence-electron chi connectivity index (χ4n) is 8.16. The molecule has 7 rings (SSSR count). The number of amides is 4. The predicted molar refractivity (Wildman–Crippen MR) is 183 cm³/mol. The minimum Gasteiger partial charge on any atom is -0.436 e. The molecule has 3 aliphatic heterocycles. The number of benzene rings is 2. The zero-order valence-electron chi connectivity index (χ0n) is 27.8. The van der Waals surface area contributed by atoms with E-state index in [1.807, 2.05) is 53.1 Å². The van der Waals surface area contributed by atoms with E-state index in [0.29, 0.717) is 57.1 Å². The molecule has 256 valence electrons. The summed E-state index contributed by atoms with van der Waals surface area (Å²) in [5.41, 5.74) is 4.78. The summed E-state index contributed by atoms with van der Waals surface area (Å²) in [5.74, 6) is -0.178. The maximum atomic E-state index is 14.1. The van der Waals surface area contributed by atoms with Crippen LogP contribution in [-0.2, 0) is 22.4 Å². The van der Waals surface area contributed by atoms with Crippen LogP contribution < -0.4 is 11.0 Å². The molecule has 1 aliphatic carbocycles. The van der Waals surface area contributed by atoms with Crippen LogP contribution >= 0.6 is 0 Å². The molecule has 1 atom stereocenters. The van der Waals surface area contributed by atoms with Crippen LogP contribution in [0.1, 0.15) is 61.6 Å². The number of rotatable bonds is 6. The standard InChI is InChI=1S/C36H47N7O5/c1-24-21-25(22-30-32(24)39-34(45)37-30)23-31(33(44)41-19-17-40(18-20-41)27-8-3-2-4-9-27)48-36(47)42-14-12-28(13-15-42)43-16-11-26-7-5-6-10-29(26)38-35(43)46/h5-7,10,21-22,27-28,31H,2-4,8-9,11-20,23H2,1H3,(H,38,46)(H2,37,39,45). The minimum absolute atomic E-state index is 0.0134. The first-order valence-electron chi connectivity index (χ1n) is 17.7. The molecule has 0 bridgehead atoms. The molecule has 4 aliphatic rings. The Bertz CT molecular complexity index is 1700. The van der Waals surface area contributed by atoms with E-state index in [2.05, 4.69) is 20.2 Å². The molecule has 48 heavy (non-hydrogen) atoms. The second kappa shape index (κ2) is 14.0. The summed E-state index contributed by atoms with van der Waals surface area (Å²) in [6.45, 7) is 6.30. The number of ether oxygens (including phenoxy) is 1. The molecule has 2 saturated heterocycles. The number of likely N-dealkylation sites (tertiary alicyclic amines) is 1. The van der Waals surface area contributed by atoms with Crippen LogP contribution in [-0.4, -0.2) is 112 Å². The summed E-state index contributed by atoms with van der Waals surface area (Å²) in [6, 6.07) is 12.2. The number of aromatic amines is 2. The van der Waals surface area contributed by atoms with Gasteiger partial charge in [0.05, 0.1) is 11.0 Å². The molecule has 2 aromatic carbocycles. The monoisotopic (exact) mass is 657 g/mol. The molecule has 12 nitrogen and oxygen atoms in total. The summed E-state index contributed by atoms with van der Waals surface area (Å²) in [5, 5.41) is 3.05. The van der Waals surface area contributed by atoms with Gasteiger partial charge in [-0.25, -0.2) is 14.4 Å². The second-order valence-corrected chi connectivity index (χ2v) is 13.9. The lowest BCUT2D eigenvalue weighted by molar-refractivity contribution is -0.143. The number of urea groups is 1. The third-order valence-corrected chi connectivity index (χ3v) is 10.8. The summed E-state index contributed by atoms with van der Waals surface area (Å²) in [4.78, 5) is 66.4. The van der Waals surface area contributed by atoms with Gasteiger partial charge in [0.15, 0.2) is 6.10 Å². The molecule has 1 saturated carbocycles. The number of anilines is 1. The van der Waals surface area contributed by atoms with E-state index in [0.717, 1.165) is 47.4 Å². The first-order valence-corrected chi connectivity index (χ1v) is 17.7. The van der Waals surface area contributed by atoms with E-state index in [1.165, 1.54) is 32.1 Å². The van der Waals surface area contributed by atoms with Crippen molar-refractivity contribution in [3.63, 3.8) is 0 Å². The van der Waals surface area contributed by atoms with Gasteiger partial charge in [0.2, 0.25) is 0 Å². The van der Waals surface area contributed by atoms with Crippen LogP contribution in [0.25, 0.3) is 11.0 Å². The van der Waals surface area contributed by atoms with Crippen molar-refractivity contribution in [3.8, 4) is 0 Å². The van der Waals surface area contributed by atoms with Crippen LogP contribution in [0.2, 0.25) is 0 Å². The van der Waals surface area contributed by atoms with E-state index in [9.17, 15) is 19.2 Å². The first-order chi connectivity index (χ1) is 23.3. The van der Waals surface area contributed by atoms with Gasteiger partial charge in [-0.1, -0.05) is 43.5 Å². The molecule has 1 unspecified atom stereocenters. The molecule has 4 amide bonds. The number of fused-ring (bicyclic) bond motifs is 2. The number of nitrogens with zero attached hydrogens (tertiary/aromatic N) is 4. The van der Waals surface area contributed by atoms with Gasteiger partial charge in [0, 0.05) is 70.0 Å². The van der Waals surface area contributed by atoms with Crippen molar-refractivity contribution in [2.24, 2.45) is 0 Å². The molecule has 3 N–H and O–H groups in total. The number of aromatic nitrogens is 2. The van der Waals surface area contributed by atoms with Crippen LogP contribution in [0, 0.1) is 6.92 Å². The van der Waals surface area contributed by atoms with Gasteiger partial charge in [0.25, 0.3) is 5.91 Å². The van der Waals surface area contributed by atoms with E-state index >= 15 is 0 Å². The van der Waals surface area contributed by atoms with Crippen LogP contribution in [0.4, 0.5) is 15.3 Å². The van der Waals surface area contributed by atoms with Crippen LogP contribution in [0.5, 0.6) is 0 Å². The first kappa shape index (κ1) is 32.2. The lowest BCUT2D eigenvalue weighted by Gasteiger charge is -2.41. The number of hydrogen-bond donors (Lipinski definition) is 3. The number of aryl methyl sites for hydroxylation is 1. The molecule has 3 fully saturated rings. The number of hydrogen-bond acceptors (Lipinski definition) is 6. The summed E-state index contributed by atoms with van der Waals surface area (Å²) in [7, 11) is 0. The largest absolute Gasteiger partial charge is 0.436 e. The maximum absolute atomic E-state index is 14.1. The van der Waals surface area contributed by atoms with Crippen molar-refractivity contribution in [2.45, 2.75) is 82.9 Å². The van der Waals surface area contributed by atoms with Crippen LogP contribution in [0.3, 0.4) is 0 Å². The van der Waals surface area contributed by atoms with Crippen molar-refractivity contribution in [1.29, 1.82) is 0 Å². The average molecular weight is 658 g/mol. The summed E-state index contributed by atoms with van der Waals surface area (Å²) >= 11 is 0. The Morgan fingerprint density at radius 1 is 0.854 bits per heavy atom. The predicted octanol–water partition coefficient (Wildman–Crippen LogP) is 4.24. The van der Waals surface area contributed by atoms with Crippen molar-refractivity contribution in [2.75, 3.05) is 51.1 Å². The van der Waals surface area contributed by atoms with Crippen molar-refractivity contribution in [1.82, 2.24) is 29.6 Å². The molecule has 0 spiro atoms. The number of piperazine rings is 1. The number of carbonyl (C=O) groups excluding carboxylic acids is 3. The van der Waals surface area contributed by atoms with Gasteiger partial charge < -0.3 is 34.7 Å². The smallest absolute Gasteiger partial charge is 0.410 e. The number of piperidine rings is 1. The fraction of sp³-hybridized carbons (Fsp3) is 0.556. The quantitative estimate of drug-likeness (QED) is 0.363. The van der Waals surface area contributed by atoms with Crippen LogP contribution in [0.15, 0.2) is 41.2 Å².